The van der Waals surface area contributed by atoms with Gasteiger partial charge in [0.2, 0.25) is 5.91 Å². The number of aliphatic carboxylic acids is 1. The molecule has 6 saturated carbocycles. The zero-order chi connectivity index (χ0) is 31.3. The monoisotopic (exact) mass is 628 g/mol. The minimum atomic E-state index is -1.08. The van der Waals surface area contributed by atoms with Crippen molar-refractivity contribution >= 4 is 31.3 Å². The van der Waals surface area contributed by atoms with E-state index in [4.69, 9.17) is 15.9 Å². The Morgan fingerprint density at radius 1 is 0.930 bits per heavy atom. The number of aliphatic hydroxyl groups excluding tert-OH is 2. The highest BCUT2D eigenvalue weighted by Gasteiger charge is 2.57. The van der Waals surface area contributed by atoms with Gasteiger partial charge >= 0.3 is 13.0 Å². The number of rotatable bonds is 4. The summed E-state index contributed by atoms with van der Waals surface area (Å²) >= 11 is 0. The number of amides is 1. The molecule has 0 aromatic heterocycles. The number of halogens is 1. The molecule has 4 bridgehead atoms. The van der Waals surface area contributed by atoms with Crippen molar-refractivity contribution in [1.82, 2.24) is 15.4 Å². The number of nitrogens with one attached hydrogen (secondary N) is 2. The first-order chi connectivity index (χ1) is 19.5. The van der Waals surface area contributed by atoms with Crippen molar-refractivity contribution in [2.45, 2.75) is 123 Å². The van der Waals surface area contributed by atoms with Crippen LogP contribution in [0.1, 0.15) is 80.1 Å². The maximum Gasteiger partial charge on any atom is 0.377 e. The fourth-order valence-corrected chi connectivity index (χ4v) is 9.28. The van der Waals surface area contributed by atoms with Gasteiger partial charge in [-0.25, -0.2) is 0 Å². The van der Waals surface area contributed by atoms with Crippen LogP contribution in [0.3, 0.4) is 0 Å². The zero-order valence-corrected chi connectivity index (χ0v) is 28.0. The van der Waals surface area contributed by atoms with Crippen molar-refractivity contribution in [1.29, 1.82) is 0 Å². The number of nitrogens with zero attached hydrogens (tertiary/aromatic N) is 1. The Morgan fingerprint density at radius 3 is 1.88 bits per heavy atom. The van der Waals surface area contributed by atoms with Gasteiger partial charge in [0.1, 0.15) is 12.1 Å². The lowest BCUT2D eigenvalue weighted by Crippen LogP contribution is -2.62. The first-order valence-electron chi connectivity index (χ1n) is 16.3. The largest absolute Gasteiger partial charge is 0.480 e. The summed E-state index contributed by atoms with van der Waals surface area (Å²) < 4.78 is 0. The van der Waals surface area contributed by atoms with Crippen LogP contribution in [0.15, 0.2) is 0 Å². The van der Waals surface area contributed by atoms with Crippen molar-refractivity contribution < 1.29 is 29.9 Å². The minimum absolute atomic E-state index is 0. The number of aliphatic hydroxyl groups is 2. The Morgan fingerprint density at radius 2 is 1.49 bits per heavy atom. The topological polar surface area (TPSA) is 168 Å². The van der Waals surface area contributed by atoms with Crippen LogP contribution in [0.2, 0.25) is 6.82 Å². The van der Waals surface area contributed by atoms with Crippen LogP contribution < -0.4 is 16.4 Å². The molecule has 0 spiro atoms. The molecule has 0 radical (unpaired) electrons. The predicted molar refractivity (Wildman–Crippen MR) is 170 cm³/mol. The number of carboxylic acids is 1. The Bertz CT molecular complexity index is 988. The Hall–Kier alpha value is -0.945. The Labute approximate surface area is 264 Å². The predicted octanol–water partition coefficient (Wildman–Crippen LogP) is 1.95. The quantitative estimate of drug-likeness (QED) is 0.230. The Balaban J connectivity index is 0.000000184. The van der Waals surface area contributed by atoms with Crippen LogP contribution in [0, 0.1) is 46.3 Å². The summed E-state index contributed by atoms with van der Waals surface area (Å²) in [5.41, 5.74) is 7.08. The molecular formula is C31H58BClN4O6. The first kappa shape index (κ1) is 36.5. The molecule has 0 unspecified atom stereocenters. The molecule has 1 amide bonds. The fourth-order valence-electron chi connectivity index (χ4n) is 9.28. The molecule has 0 aromatic rings. The number of carbonyl (C=O) groups excluding carboxylic acids is 1. The average Bonchev–Trinajstić information content (AvgIpc) is 3.52. The van der Waals surface area contributed by atoms with Crippen molar-refractivity contribution in [2.75, 3.05) is 13.1 Å². The van der Waals surface area contributed by atoms with Crippen LogP contribution in [-0.2, 0) is 9.59 Å². The average molecular weight is 629 g/mol. The zero-order valence-electron chi connectivity index (χ0n) is 27.2. The van der Waals surface area contributed by atoms with Crippen LogP contribution in [0.4, 0.5) is 0 Å². The molecule has 8 aliphatic rings. The molecule has 8 fully saturated rings. The molecule has 43 heavy (non-hydrogen) atoms. The highest BCUT2D eigenvalue weighted by molar-refractivity contribution is 6.45. The molecule has 6 aliphatic carbocycles. The number of fused-ring (bicyclic) bond motifs is 4. The van der Waals surface area contributed by atoms with Gasteiger partial charge in [0.15, 0.2) is 0 Å². The lowest BCUT2D eigenvalue weighted by atomic mass is 9.45. The molecular weight excluding hydrogens is 571 g/mol. The highest BCUT2D eigenvalue weighted by Crippen LogP contribution is 2.61. The smallest absolute Gasteiger partial charge is 0.377 e. The number of hydrogen-bond donors (Lipinski definition) is 7. The molecule has 2 aliphatic heterocycles. The van der Waals surface area contributed by atoms with Crippen molar-refractivity contribution in [3.8, 4) is 0 Å². The minimum Gasteiger partial charge on any atom is -0.480 e. The van der Waals surface area contributed by atoms with Crippen LogP contribution in [0.25, 0.3) is 0 Å². The van der Waals surface area contributed by atoms with Gasteiger partial charge in [-0.3, -0.25) is 9.59 Å². The SMILES string of the molecule is CB(O)N1CC[C@H](O)[C@H]1C(=O)O.C[C@@H]1[C@@H](N)C[C@H]2C[C@@H]1C2(C)C.C[C@@H]1[C@@H](NC(=O)[C@H]2NCC[C@@H]2O)C[C@H]2C[C@@H]1C2(C)C.Cl. The third-order valence-electron chi connectivity index (χ3n) is 12.7. The molecule has 2 heterocycles. The summed E-state index contributed by atoms with van der Waals surface area (Å²) in [7, 11) is -0.816. The number of carbonyl (C=O) groups is 2. The van der Waals surface area contributed by atoms with Gasteiger partial charge < -0.3 is 41.5 Å². The van der Waals surface area contributed by atoms with E-state index in [1.807, 2.05) is 0 Å². The van der Waals surface area contributed by atoms with Crippen LogP contribution >= 0.6 is 12.4 Å². The fraction of sp³-hybridized carbons (Fsp3) is 0.935. The maximum atomic E-state index is 12.2. The van der Waals surface area contributed by atoms with E-state index in [0.29, 0.717) is 48.2 Å². The molecule has 2 saturated heterocycles. The molecule has 12 atom stereocenters. The van der Waals surface area contributed by atoms with Gasteiger partial charge in [-0.2, -0.15) is 0 Å². The Kier molecular flexibility index (Phi) is 11.7. The summed E-state index contributed by atoms with van der Waals surface area (Å²) in [4.78, 5) is 24.2. The normalized spacial score (nSPS) is 43.2. The molecule has 8 rings (SSSR count). The van der Waals surface area contributed by atoms with Crippen molar-refractivity contribution in [3.63, 3.8) is 0 Å². The van der Waals surface area contributed by atoms with E-state index in [-0.39, 0.29) is 18.3 Å². The molecule has 10 nitrogen and oxygen atoms in total. The second-order valence-electron chi connectivity index (χ2n) is 15.5. The summed E-state index contributed by atoms with van der Waals surface area (Å²) in [6, 6.07) is -0.575. The van der Waals surface area contributed by atoms with E-state index in [1.54, 1.807) is 0 Å². The molecule has 8 N–H and O–H groups in total. The highest BCUT2D eigenvalue weighted by atomic mass is 35.5. The summed E-state index contributed by atoms with van der Waals surface area (Å²) in [6.07, 6.45) is 4.83. The van der Waals surface area contributed by atoms with Crippen LogP contribution in [-0.4, -0.2) is 93.5 Å². The lowest BCUT2D eigenvalue weighted by molar-refractivity contribution is -0.143. The van der Waals surface area contributed by atoms with E-state index >= 15 is 0 Å². The lowest BCUT2D eigenvalue weighted by Gasteiger charge is -2.62. The third-order valence-corrected chi connectivity index (χ3v) is 12.7. The maximum absolute atomic E-state index is 12.2. The second-order valence-corrected chi connectivity index (χ2v) is 15.5. The van der Waals surface area contributed by atoms with E-state index in [0.717, 1.165) is 42.6 Å². The third kappa shape index (κ3) is 7.08. The van der Waals surface area contributed by atoms with Gasteiger partial charge in [-0.1, -0.05) is 41.5 Å². The molecule has 0 aromatic carbocycles. The van der Waals surface area contributed by atoms with Crippen molar-refractivity contribution in [3.05, 3.63) is 0 Å². The second kappa shape index (κ2) is 13.8. The van der Waals surface area contributed by atoms with Gasteiger partial charge in [0.25, 0.3) is 0 Å². The van der Waals surface area contributed by atoms with Gasteiger partial charge in [0, 0.05) is 12.1 Å². The van der Waals surface area contributed by atoms with Gasteiger partial charge in [-0.15, -0.1) is 12.4 Å². The summed E-state index contributed by atoms with van der Waals surface area (Å²) in [6.45, 7) is 16.8. The summed E-state index contributed by atoms with van der Waals surface area (Å²) in [5.74, 6) is 3.53. The molecule has 248 valence electrons. The standard InChI is InChI=1S/C15H26N2O2.C10H19N.C6H12BNO4.ClH/c1-8-10-6-9(15(10,2)3)7-11(8)17-14(19)13-12(18)4-5-16-13;1-6-8-4-7(5-9(6)11)10(8,2)3;1-7(12)8-3-2-4(9)5(8)6(10)11;/h8-13,16,18H,4-7H2,1-3H3,(H,17,19);6-9H,4-5,11H2,1-3H3;4-5,9,12H,2-3H2,1H3,(H,10,11);1H/t8-,9+,10-,11-,12-,13-;6-,7+,8-,9-;4-,5-;/m000./s1. The van der Waals surface area contributed by atoms with Crippen molar-refractivity contribution in [2.24, 2.45) is 52.1 Å². The van der Waals surface area contributed by atoms with E-state index < -0.39 is 37.3 Å². The number of hydrogen-bond acceptors (Lipinski definition) is 8. The van der Waals surface area contributed by atoms with E-state index in [1.165, 1.54) is 30.9 Å². The first-order valence-corrected chi connectivity index (χ1v) is 16.3. The molecule has 12 heteroatoms. The van der Waals surface area contributed by atoms with E-state index in [9.17, 15) is 19.8 Å². The van der Waals surface area contributed by atoms with Gasteiger partial charge in [0.05, 0.1) is 12.2 Å². The van der Waals surface area contributed by atoms with E-state index in [2.05, 4.69) is 52.2 Å². The number of nitrogens with two attached hydrogens (primary N) is 1. The van der Waals surface area contributed by atoms with Crippen LogP contribution in [0.5, 0.6) is 0 Å². The van der Waals surface area contributed by atoms with Gasteiger partial charge in [-0.05, 0) is 105 Å². The number of carboxylic acid groups (broad SMARTS) is 1. The summed E-state index contributed by atoms with van der Waals surface area (Å²) in [5, 5.41) is 43.1.